The number of amides is 1. The Morgan fingerprint density at radius 3 is 2.19 bits per heavy atom. The molecule has 0 N–H and O–H groups in total. The SMILES string of the molecule is CC(C)(Oc1ccc(Cl)cc1)C(=O)N1CCN(c2ccc(Cl)cn2)CC1. The van der Waals surface area contributed by atoms with Gasteiger partial charge in [0.15, 0.2) is 5.60 Å². The summed E-state index contributed by atoms with van der Waals surface area (Å²) in [5, 5.41) is 1.25. The average Bonchev–Trinajstić information content (AvgIpc) is 2.64. The van der Waals surface area contributed by atoms with E-state index < -0.39 is 5.60 Å². The number of anilines is 1. The third-order valence-corrected chi connectivity index (χ3v) is 4.78. The van der Waals surface area contributed by atoms with E-state index in [0.29, 0.717) is 28.9 Å². The molecule has 7 heteroatoms. The lowest BCUT2D eigenvalue weighted by molar-refractivity contribution is -0.145. The van der Waals surface area contributed by atoms with Gasteiger partial charge in [-0.1, -0.05) is 23.2 Å². The third kappa shape index (κ3) is 4.40. The van der Waals surface area contributed by atoms with Crippen molar-refractivity contribution in [1.82, 2.24) is 9.88 Å². The van der Waals surface area contributed by atoms with Crippen molar-refractivity contribution in [3.05, 3.63) is 52.6 Å². The first-order chi connectivity index (χ1) is 12.3. The van der Waals surface area contributed by atoms with Gasteiger partial charge in [0.25, 0.3) is 5.91 Å². The van der Waals surface area contributed by atoms with Crippen LogP contribution in [0.3, 0.4) is 0 Å². The average molecular weight is 394 g/mol. The fraction of sp³-hybridized carbons (Fsp3) is 0.368. The molecule has 1 fully saturated rings. The van der Waals surface area contributed by atoms with Gasteiger partial charge in [-0.2, -0.15) is 0 Å². The normalized spacial score (nSPS) is 15.1. The lowest BCUT2D eigenvalue weighted by atomic mass is 10.1. The number of ether oxygens (including phenoxy) is 1. The molecule has 1 saturated heterocycles. The molecule has 2 heterocycles. The van der Waals surface area contributed by atoms with Crippen molar-refractivity contribution < 1.29 is 9.53 Å². The third-order valence-electron chi connectivity index (χ3n) is 4.30. The molecule has 1 aliphatic heterocycles. The Labute approximate surface area is 163 Å². The van der Waals surface area contributed by atoms with Crippen molar-refractivity contribution in [2.24, 2.45) is 0 Å². The molecule has 26 heavy (non-hydrogen) atoms. The van der Waals surface area contributed by atoms with Crippen LogP contribution in [0.2, 0.25) is 10.0 Å². The summed E-state index contributed by atoms with van der Waals surface area (Å²) in [4.78, 5) is 21.2. The maximum Gasteiger partial charge on any atom is 0.266 e. The minimum atomic E-state index is -0.950. The summed E-state index contributed by atoms with van der Waals surface area (Å²) in [7, 11) is 0. The maximum absolute atomic E-state index is 12.9. The molecule has 0 unspecified atom stereocenters. The molecule has 0 spiro atoms. The highest BCUT2D eigenvalue weighted by atomic mass is 35.5. The number of rotatable bonds is 4. The summed E-state index contributed by atoms with van der Waals surface area (Å²) in [6.07, 6.45) is 1.64. The van der Waals surface area contributed by atoms with E-state index >= 15 is 0 Å². The summed E-state index contributed by atoms with van der Waals surface area (Å²) in [6, 6.07) is 10.7. The lowest BCUT2D eigenvalue weighted by Crippen LogP contribution is -2.56. The molecular weight excluding hydrogens is 373 g/mol. The van der Waals surface area contributed by atoms with Crippen LogP contribution in [0.4, 0.5) is 5.82 Å². The van der Waals surface area contributed by atoms with Crippen LogP contribution in [0.1, 0.15) is 13.8 Å². The molecule has 1 aliphatic rings. The number of hydrogen-bond donors (Lipinski definition) is 0. The number of halogens is 2. The van der Waals surface area contributed by atoms with Gasteiger partial charge in [0.2, 0.25) is 0 Å². The van der Waals surface area contributed by atoms with Gasteiger partial charge in [0, 0.05) is 37.4 Å². The Balaban J connectivity index is 1.60. The van der Waals surface area contributed by atoms with Gasteiger partial charge in [-0.3, -0.25) is 4.79 Å². The summed E-state index contributed by atoms with van der Waals surface area (Å²) < 4.78 is 5.91. The van der Waals surface area contributed by atoms with Gasteiger partial charge in [-0.15, -0.1) is 0 Å². The van der Waals surface area contributed by atoms with Gasteiger partial charge in [-0.25, -0.2) is 4.98 Å². The van der Waals surface area contributed by atoms with E-state index in [2.05, 4.69) is 9.88 Å². The molecule has 1 aromatic heterocycles. The maximum atomic E-state index is 12.9. The molecule has 0 aliphatic carbocycles. The molecule has 0 saturated carbocycles. The number of pyridine rings is 1. The zero-order valence-corrected chi connectivity index (χ0v) is 16.3. The number of benzene rings is 1. The Morgan fingerprint density at radius 1 is 1.00 bits per heavy atom. The Bertz CT molecular complexity index is 755. The van der Waals surface area contributed by atoms with Crippen LogP contribution < -0.4 is 9.64 Å². The standard InChI is InChI=1S/C19H21Cl2N3O2/c1-19(2,26-16-6-3-14(20)4-7-16)18(25)24-11-9-23(10-12-24)17-8-5-15(21)13-22-17/h3-8,13H,9-12H2,1-2H3. The molecule has 1 amide bonds. The summed E-state index contributed by atoms with van der Waals surface area (Å²) in [5.74, 6) is 1.46. The molecule has 138 valence electrons. The number of aromatic nitrogens is 1. The van der Waals surface area contributed by atoms with Crippen LogP contribution in [0.5, 0.6) is 5.75 Å². The minimum Gasteiger partial charge on any atom is -0.478 e. The summed E-state index contributed by atoms with van der Waals surface area (Å²) in [5.41, 5.74) is -0.950. The molecule has 1 aromatic carbocycles. The van der Waals surface area contributed by atoms with E-state index in [-0.39, 0.29) is 5.91 Å². The second-order valence-electron chi connectivity index (χ2n) is 6.68. The van der Waals surface area contributed by atoms with E-state index in [0.717, 1.165) is 18.9 Å². The Morgan fingerprint density at radius 2 is 1.62 bits per heavy atom. The number of nitrogens with zero attached hydrogens (tertiary/aromatic N) is 3. The second-order valence-corrected chi connectivity index (χ2v) is 7.55. The molecule has 0 bridgehead atoms. The molecule has 0 radical (unpaired) electrons. The molecule has 2 aromatic rings. The van der Waals surface area contributed by atoms with Crippen molar-refractivity contribution >= 4 is 34.9 Å². The van der Waals surface area contributed by atoms with Crippen molar-refractivity contribution in [2.45, 2.75) is 19.4 Å². The number of carbonyl (C=O) groups excluding carboxylic acids is 1. The van der Waals surface area contributed by atoms with E-state index in [9.17, 15) is 4.79 Å². The summed E-state index contributed by atoms with van der Waals surface area (Å²) >= 11 is 11.8. The van der Waals surface area contributed by atoms with Gasteiger partial charge >= 0.3 is 0 Å². The fourth-order valence-corrected chi connectivity index (χ4v) is 3.15. The zero-order valence-electron chi connectivity index (χ0n) is 14.8. The Hall–Kier alpha value is -1.98. The quantitative estimate of drug-likeness (QED) is 0.789. The van der Waals surface area contributed by atoms with Crippen molar-refractivity contribution in [3.63, 3.8) is 0 Å². The first kappa shape index (κ1) is 18.8. The van der Waals surface area contributed by atoms with Crippen molar-refractivity contribution in [3.8, 4) is 5.75 Å². The molecule has 0 atom stereocenters. The molecule has 5 nitrogen and oxygen atoms in total. The number of piperazine rings is 1. The summed E-state index contributed by atoms with van der Waals surface area (Å²) in [6.45, 7) is 6.26. The smallest absolute Gasteiger partial charge is 0.266 e. The van der Waals surface area contributed by atoms with Crippen LogP contribution in [-0.4, -0.2) is 47.6 Å². The molecule has 3 rings (SSSR count). The van der Waals surface area contributed by atoms with Crippen LogP contribution in [0, 0.1) is 0 Å². The lowest BCUT2D eigenvalue weighted by Gasteiger charge is -2.39. The predicted octanol–water partition coefficient (Wildman–Crippen LogP) is 3.89. The topological polar surface area (TPSA) is 45.7 Å². The highest BCUT2D eigenvalue weighted by molar-refractivity contribution is 6.30. The first-order valence-electron chi connectivity index (χ1n) is 8.45. The fourth-order valence-electron chi connectivity index (χ4n) is 2.92. The second kappa shape index (κ2) is 7.72. The van der Waals surface area contributed by atoms with E-state index in [4.69, 9.17) is 27.9 Å². The largest absolute Gasteiger partial charge is 0.478 e. The number of hydrogen-bond acceptors (Lipinski definition) is 4. The predicted molar refractivity (Wildman–Crippen MR) is 104 cm³/mol. The minimum absolute atomic E-state index is 0.0313. The van der Waals surface area contributed by atoms with Gasteiger partial charge in [-0.05, 0) is 50.2 Å². The van der Waals surface area contributed by atoms with E-state index in [1.807, 2.05) is 17.0 Å². The van der Waals surface area contributed by atoms with Crippen LogP contribution in [0.25, 0.3) is 0 Å². The van der Waals surface area contributed by atoms with Crippen molar-refractivity contribution in [1.29, 1.82) is 0 Å². The molecular formula is C19H21Cl2N3O2. The van der Waals surface area contributed by atoms with Gasteiger partial charge in [0.05, 0.1) is 5.02 Å². The van der Waals surface area contributed by atoms with Crippen LogP contribution in [-0.2, 0) is 4.79 Å². The Kier molecular flexibility index (Phi) is 5.58. The highest BCUT2D eigenvalue weighted by Crippen LogP contribution is 2.23. The van der Waals surface area contributed by atoms with Crippen LogP contribution in [0.15, 0.2) is 42.6 Å². The number of carbonyl (C=O) groups is 1. The monoisotopic (exact) mass is 393 g/mol. The van der Waals surface area contributed by atoms with Gasteiger partial charge < -0.3 is 14.5 Å². The zero-order chi connectivity index (χ0) is 18.7. The van der Waals surface area contributed by atoms with Crippen LogP contribution >= 0.6 is 23.2 Å². The highest BCUT2D eigenvalue weighted by Gasteiger charge is 2.35. The first-order valence-corrected chi connectivity index (χ1v) is 9.21. The van der Waals surface area contributed by atoms with E-state index in [1.165, 1.54) is 0 Å². The van der Waals surface area contributed by atoms with Gasteiger partial charge in [0.1, 0.15) is 11.6 Å². The van der Waals surface area contributed by atoms with E-state index in [1.54, 1.807) is 44.3 Å². The van der Waals surface area contributed by atoms with Crippen molar-refractivity contribution in [2.75, 3.05) is 31.1 Å².